The molecule has 0 unspecified atom stereocenters. The molecular weight excluding hydrogens is 291 g/mol. The van der Waals surface area contributed by atoms with Crippen LogP contribution in [0.25, 0.3) is 12.2 Å². The van der Waals surface area contributed by atoms with Gasteiger partial charge in [0.05, 0.1) is 26.7 Å². The molecule has 23 heavy (non-hydrogen) atoms. The molecule has 0 atom stereocenters. The first-order valence-corrected chi connectivity index (χ1v) is 7.16. The van der Waals surface area contributed by atoms with E-state index < -0.39 is 0 Å². The third-order valence-electron chi connectivity index (χ3n) is 3.08. The van der Waals surface area contributed by atoms with Crippen molar-refractivity contribution in [1.29, 1.82) is 0 Å². The van der Waals surface area contributed by atoms with Gasteiger partial charge >= 0.3 is 7.69 Å². The summed E-state index contributed by atoms with van der Waals surface area (Å²) in [5.41, 5.74) is 2.05. The van der Waals surface area contributed by atoms with E-state index in [1.807, 2.05) is 60.7 Å². The summed E-state index contributed by atoms with van der Waals surface area (Å²) >= 11 is 0. The van der Waals surface area contributed by atoms with Crippen molar-refractivity contribution >= 4 is 19.8 Å². The number of benzene rings is 2. The largest absolute Gasteiger partial charge is 0.575 e. The minimum atomic E-state index is 0.152. The van der Waals surface area contributed by atoms with E-state index in [-0.39, 0.29) is 7.69 Å². The highest BCUT2D eigenvalue weighted by Gasteiger charge is 1.92. The van der Waals surface area contributed by atoms with E-state index in [0.29, 0.717) is 0 Å². The van der Waals surface area contributed by atoms with Gasteiger partial charge in [0.15, 0.2) is 0 Å². The molecule has 0 aromatic heterocycles. The van der Waals surface area contributed by atoms with Crippen molar-refractivity contribution in [1.82, 2.24) is 0 Å². The number of methoxy groups -OCH3 is 2. The Morgan fingerprint density at radius 3 is 1.39 bits per heavy atom. The van der Waals surface area contributed by atoms with Crippen LogP contribution >= 0.6 is 0 Å². The van der Waals surface area contributed by atoms with E-state index in [9.17, 15) is 0 Å². The van der Waals surface area contributed by atoms with Crippen molar-refractivity contribution in [3.63, 3.8) is 0 Å². The fourth-order valence-electron chi connectivity index (χ4n) is 1.80. The third-order valence-corrected chi connectivity index (χ3v) is 3.08. The Labute approximate surface area is 137 Å². The SMILES string of the molecule is COc1ccc(C=COBOC=Cc2ccc(OC)cc2)cc1. The fourth-order valence-corrected chi connectivity index (χ4v) is 1.80. The molecule has 0 amide bonds. The van der Waals surface area contributed by atoms with E-state index >= 15 is 0 Å². The first-order valence-electron chi connectivity index (χ1n) is 7.16. The smallest absolute Gasteiger partial charge is 0.535 e. The maximum absolute atomic E-state index is 5.26. The Balaban J connectivity index is 1.68. The normalized spacial score (nSPS) is 10.7. The minimum absolute atomic E-state index is 0.152. The minimum Gasteiger partial charge on any atom is -0.535 e. The lowest BCUT2D eigenvalue weighted by atomic mass is 10.2. The number of ether oxygens (including phenoxy) is 2. The predicted octanol–water partition coefficient (Wildman–Crippen LogP) is 3.65. The van der Waals surface area contributed by atoms with Crippen LogP contribution in [0.15, 0.2) is 61.1 Å². The van der Waals surface area contributed by atoms with E-state index in [4.69, 9.17) is 18.8 Å². The van der Waals surface area contributed by atoms with Gasteiger partial charge in [0.25, 0.3) is 0 Å². The van der Waals surface area contributed by atoms with Gasteiger partial charge in [0, 0.05) is 0 Å². The molecule has 0 heterocycles. The summed E-state index contributed by atoms with van der Waals surface area (Å²) in [5, 5.41) is 0. The second kappa shape index (κ2) is 9.25. The maximum atomic E-state index is 5.26. The Morgan fingerprint density at radius 2 is 1.04 bits per heavy atom. The molecule has 5 heteroatoms. The predicted molar refractivity (Wildman–Crippen MR) is 93.4 cm³/mol. The average molecular weight is 310 g/mol. The molecule has 0 saturated heterocycles. The summed E-state index contributed by atoms with van der Waals surface area (Å²) in [6, 6.07) is 15.4. The van der Waals surface area contributed by atoms with E-state index in [1.165, 1.54) is 0 Å². The molecule has 2 rings (SSSR count). The molecule has 0 spiro atoms. The Bertz CT molecular complexity index is 576. The van der Waals surface area contributed by atoms with Crippen molar-refractivity contribution < 1.29 is 18.8 Å². The second-order valence-corrected chi connectivity index (χ2v) is 4.60. The molecule has 2 aromatic carbocycles. The van der Waals surface area contributed by atoms with Gasteiger partial charge in [-0.3, -0.25) is 0 Å². The summed E-state index contributed by atoms with van der Waals surface area (Å²) in [6.07, 6.45) is 6.91. The zero-order valence-corrected chi connectivity index (χ0v) is 13.3. The highest BCUT2D eigenvalue weighted by atomic mass is 16.6. The standard InChI is InChI=1S/C18H19BO4/c1-20-17-7-3-15(4-8-17)11-13-22-19-23-14-12-16-5-9-18(21-2)10-6-16/h3-14,19H,1-2H3. The van der Waals surface area contributed by atoms with Crippen LogP contribution in [0.2, 0.25) is 0 Å². The molecule has 4 nitrogen and oxygen atoms in total. The zero-order chi connectivity index (χ0) is 16.3. The highest BCUT2D eigenvalue weighted by Crippen LogP contribution is 2.13. The number of rotatable bonds is 8. The van der Waals surface area contributed by atoms with Crippen LogP contribution in [-0.4, -0.2) is 21.9 Å². The monoisotopic (exact) mass is 310 g/mol. The van der Waals surface area contributed by atoms with E-state index in [0.717, 1.165) is 22.6 Å². The van der Waals surface area contributed by atoms with Gasteiger partial charge in [0.2, 0.25) is 0 Å². The Kier molecular flexibility index (Phi) is 6.66. The topological polar surface area (TPSA) is 36.9 Å². The van der Waals surface area contributed by atoms with Crippen molar-refractivity contribution in [2.45, 2.75) is 0 Å². The first-order chi connectivity index (χ1) is 11.3. The van der Waals surface area contributed by atoms with Crippen LogP contribution in [-0.2, 0) is 9.31 Å². The van der Waals surface area contributed by atoms with Crippen molar-refractivity contribution in [2.24, 2.45) is 0 Å². The quantitative estimate of drug-likeness (QED) is 0.424. The van der Waals surface area contributed by atoms with Gasteiger partial charge in [-0.25, -0.2) is 0 Å². The van der Waals surface area contributed by atoms with Crippen LogP contribution in [0.4, 0.5) is 0 Å². The number of hydrogen-bond donors (Lipinski definition) is 0. The van der Waals surface area contributed by atoms with Crippen LogP contribution in [0, 0.1) is 0 Å². The molecule has 0 aliphatic rings. The molecule has 2 aromatic rings. The van der Waals surface area contributed by atoms with Gasteiger partial charge in [-0.2, -0.15) is 0 Å². The van der Waals surface area contributed by atoms with Crippen LogP contribution in [0.1, 0.15) is 11.1 Å². The van der Waals surface area contributed by atoms with Crippen LogP contribution in [0.3, 0.4) is 0 Å². The summed E-state index contributed by atoms with van der Waals surface area (Å²) in [7, 11) is 3.44. The molecule has 0 bridgehead atoms. The van der Waals surface area contributed by atoms with Gasteiger partial charge in [0.1, 0.15) is 11.5 Å². The summed E-state index contributed by atoms with van der Waals surface area (Å²) in [4.78, 5) is 0. The van der Waals surface area contributed by atoms with Gasteiger partial charge in [-0.15, -0.1) is 0 Å². The van der Waals surface area contributed by atoms with Crippen LogP contribution in [0.5, 0.6) is 11.5 Å². The zero-order valence-electron chi connectivity index (χ0n) is 13.3. The first kappa shape index (κ1) is 16.6. The maximum Gasteiger partial charge on any atom is 0.575 e. The Morgan fingerprint density at radius 1 is 0.652 bits per heavy atom. The van der Waals surface area contributed by atoms with E-state index in [1.54, 1.807) is 26.7 Å². The van der Waals surface area contributed by atoms with E-state index in [2.05, 4.69) is 0 Å². The lowest BCUT2D eigenvalue weighted by Gasteiger charge is -2.01. The molecule has 0 N–H and O–H groups in total. The summed E-state index contributed by atoms with van der Waals surface area (Å²) in [5.74, 6) is 1.66. The third kappa shape index (κ3) is 5.83. The second-order valence-electron chi connectivity index (χ2n) is 4.60. The molecule has 0 aliphatic carbocycles. The van der Waals surface area contributed by atoms with Crippen molar-refractivity contribution in [3.8, 4) is 11.5 Å². The highest BCUT2D eigenvalue weighted by molar-refractivity contribution is 6.18. The lowest BCUT2D eigenvalue weighted by Crippen LogP contribution is -1.93. The van der Waals surface area contributed by atoms with Crippen molar-refractivity contribution in [2.75, 3.05) is 14.2 Å². The molecule has 118 valence electrons. The fraction of sp³-hybridized carbons (Fsp3) is 0.111. The summed E-state index contributed by atoms with van der Waals surface area (Å²) in [6.45, 7) is 0. The molecule has 0 saturated carbocycles. The van der Waals surface area contributed by atoms with Gasteiger partial charge in [-0.05, 0) is 47.5 Å². The molecule has 0 aliphatic heterocycles. The van der Waals surface area contributed by atoms with Crippen molar-refractivity contribution in [3.05, 3.63) is 72.2 Å². The van der Waals surface area contributed by atoms with Crippen LogP contribution < -0.4 is 9.47 Å². The Hall–Kier alpha value is -2.82. The average Bonchev–Trinajstić information content (AvgIpc) is 2.62. The molecule has 0 radical (unpaired) electrons. The lowest BCUT2D eigenvalue weighted by molar-refractivity contribution is 0.379. The van der Waals surface area contributed by atoms with Gasteiger partial charge in [-0.1, -0.05) is 24.3 Å². The molecule has 0 fully saturated rings. The van der Waals surface area contributed by atoms with Gasteiger partial charge < -0.3 is 18.8 Å². The molecular formula is C18H19BO4. The number of hydrogen-bond acceptors (Lipinski definition) is 4. The summed E-state index contributed by atoms with van der Waals surface area (Å²) < 4.78 is 20.7.